The molecule has 1 saturated carbocycles. The van der Waals surface area contributed by atoms with Crippen molar-refractivity contribution in [2.24, 2.45) is 11.8 Å². The van der Waals surface area contributed by atoms with Crippen LogP contribution in [0.2, 0.25) is 0 Å². The first-order chi connectivity index (χ1) is 20.0. The molecule has 8 rings (SSSR count). The van der Waals surface area contributed by atoms with Crippen molar-refractivity contribution in [2.45, 2.75) is 39.7 Å². The van der Waals surface area contributed by atoms with Gasteiger partial charge in [-0.15, -0.1) is 11.3 Å². The van der Waals surface area contributed by atoms with E-state index in [1.807, 2.05) is 43.0 Å². The zero-order valence-electron chi connectivity index (χ0n) is 23.5. The number of amides is 1. The van der Waals surface area contributed by atoms with Crippen molar-refractivity contribution < 1.29 is 9.53 Å². The maximum Gasteiger partial charge on any atom is 0.246 e. The second-order valence-electron chi connectivity index (χ2n) is 11.6. The molecule has 1 N–H and O–H groups in total. The lowest BCUT2D eigenvalue weighted by atomic mass is 9.71. The molecule has 41 heavy (non-hydrogen) atoms. The molecular formula is C32H34N6O2S. The zero-order valence-corrected chi connectivity index (χ0v) is 24.3. The lowest BCUT2D eigenvalue weighted by Crippen LogP contribution is -2.48. The van der Waals surface area contributed by atoms with Gasteiger partial charge >= 0.3 is 0 Å². The molecule has 3 fully saturated rings. The van der Waals surface area contributed by atoms with Gasteiger partial charge in [0, 0.05) is 48.5 Å². The number of anilines is 2. The van der Waals surface area contributed by atoms with E-state index in [1.165, 1.54) is 36.4 Å². The SMILES string of the molecule is Cc1ccc(Oc2ccc(Nc3ncnc4sc5c(c34)CCN(C(=O)/C=C/CN3CC4CC(C4)C3)C5)cc2C)cn1. The average molecular weight is 567 g/mol. The van der Waals surface area contributed by atoms with Gasteiger partial charge in [0.05, 0.1) is 18.1 Å². The highest BCUT2D eigenvalue weighted by molar-refractivity contribution is 7.19. The molecule has 0 atom stereocenters. The van der Waals surface area contributed by atoms with E-state index in [-0.39, 0.29) is 5.91 Å². The number of aromatic nitrogens is 3. The van der Waals surface area contributed by atoms with E-state index in [2.05, 4.69) is 37.3 Å². The molecule has 1 aromatic carbocycles. The molecular weight excluding hydrogens is 532 g/mol. The summed E-state index contributed by atoms with van der Waals surface area (Å²) in [6, 6.07) is 9.88. The Morgan fingerprint density at radius 1 is 1.12 bits per heavy atom. The molecule has 3 aliphatic heterocycles. The van der Waals surface area contributed by atoms with Crippen LogP contribution in [0.1, 0.15) is 34.5 Å². The molecule has 4 aromatic rings. The predicted octanol–water partition coefficient (Wildman–Crippen LogP) is 6.02. The number of ether oxygens (including phenoxy) is 1. The van der Waals surface area contributed by atoms with E-state index in [0.29, 0.717) is 18.8 Å². The number of pyridine rings is 1. The van der Waals surface area contributed by atoms with E-state index in [9.17, 15) is 4.79 Å². The van der Waals surface area contributed by atoms with Crippen molar-refractivity contribution in [1.82, 2.24) is 24.8 Å². The Labute approximate surface area is 244 Å². The van der Waals surface area contributed by atoms with Crippen molar-refractivity contribution in [3.05, 3.63) is 76.7 Å². The van der Waals surface area contributed by atoms with Gasteiger partial charge in [0.2, 0.25) is 5.91 Å². The molecule has 9 heteroatoms. The Morgan fingerprint density at radius 2 is 1.98 bits per heavy atom. The highest BCUT2D eigenvalue weighted by atomic mass is 32.1. The fraction of sp³-hybridized carbons (Fsp3) is 0.375. The van der Waals surface area contributed by atoms with Crippen molar-refractivity contribution in [3.8, 4) is 11.5 Å². The summed E-state index contributed by atoms with van der Waals surface area (Å²) in [5.41, 5.74) is 4.14. The van der Waals surface area contributed by atoms with Gasteiger partial charge in [-0.05, 0) is 86.4 Å². The van der Waals surface area contributed by atoms with E-state index in [1.54, 1.807) is 29.9 Å². The Bertz CT molecular complexity index is 1620. The minimum Gasteiger partial charge on any atom is -0.455 e. The minimum atomic E-state index is 0.0962. The number of benzene rings is 1. The summed E-state index contributed by atoms with van der Waals surface area (Å²) < 4.78 is 6.04. The first-order valence-electron chi connectivity index (χ1n) is 14.4. The highest BCUT2D eigenvalue weighted by Gasteiger charge is 2.36. The molecule has 1 amide bonds. The molecule has 2 bridgehead atoms. The largest absolute Gasteiger partial charge is 0.455 e. The molecule has 8 nitrogen and oxygen atoms in total. The third-order valence-corrected chi connectivity index (χ3v) is 9.61. The smallest absolute Gasteiger partial charge is 0.246 e. The molecule has 2 saturated heterocycles. The van der Waals surface area contributed by atoms with Gasteiger partial charge in [0.15, 0.2) is 0 Å². The van der Waals surface area contributed by atoms with Crippen LogP contribution in [0.3, 0.4) is 0 Å². The molecule has 0 spiro atoms. The summed E-state index contributed by atoms with van der Waals surface area (Å²) in [6.07, 6.45) is 10.8. The fourth-order valence-electron chi connectivity index (χ4n) is 6.36. The molecule has 4 aliphatic rings. The zero-order chi connectivity index (χ0) is 27.9. The number of piperidine rings is 2. The summed E-state index contributed by atoms with van der Waals surface area (Å²) in [5, 5.41) is 4.57. The van der Waals surface area contributed by atoms with Gasteiger partial charge in [-0.25, -0.2) is 9.97 Å². The average Bonchev–Trinajstić information content (AvgIpc) is 3.34. The van der Waals surface area contributed by atoms with Crippen LogP contribution in [0, 0.1) is 25.7 Å². The monoisotopic (exact) mass is 566 g/mol. The fourth-order valence-corrected chi connectivity index (χ4v) is 7.57. The number of carbonyl (C=O) groups excluding carboxylic acids is 1. The van der Waals surface area contributed by atoms with Crippen LogP contribution in [0.25, 0.3) is 10.2 Å². The number of hydrogen-bond acceptors (Lipinski definition) is 8. The van der Waals surface area contributed by atoms with Crippen LogP contribution in [0.15, 0.2) is 55.0 Å². The molecule has 1 aliphatic carbocycles. The number of fused-ring (bicyclic) bond motifs is 5. The van der Waals surface area contributed by atoms with Crippen LogP contribution in [-0.2, 0) is 17.8 Å². The molecule has 210 valence electrons. The normalized spacial score (nSPS) is 20.2. The van der Waals surface area contributed by atoms with E-state index >= 15 is 0 Å². The lowest BCUT2D eigenvalue weighted by molar-refractivity contribution is -0.126. The second-order valence-corrected chi connectivity index (χ2v) is 12.7. The van der Waals surface area contributed by atoms with Gasteiger partial charge in [0.25, 0.3) is 0 Å². The number of aryl methyl sites for hydroxylation is 2. The van der Waals surface area contributed by atoms with Gasteiger partial charge in [-0.3, -0.25) is 14.7 Å². The maximum absolute atomic E-state index is 13.0. The first-order valence-corrected chi connectivity index (χ1v) is 15.2. The number of hydrogen-bond donors (Lipinski definition) is 1. The van der Waals surface area contributed by atoms with Crippen molar-refractivity contribution >= 4 is 39.0 Å². The summed E-state index contributed by atoms with van der Waals surface area (Å²) in [7, 11) is 0. The van der Waals surface area contributed by atoms with Crippen LogP contribution >= 0.6 is 11.3 Å². The minimum absolute atomic E-state index is 0.0962. The molecule has 0 unspecified atom stereocenters. The highest BCUT2D eigenvalue weighted by Crippen LogP contribution is 2.40. The third-order valence-electron chi connectivity index (χ3n) is 8.49. The Balaban J connectivity index is 1.03. The number of rotatable bonds is 7. The lowest BCUT2D eigenvalue weighted by Gasteiger charge is -2.47. The predicted molar refractivity (Wildman–Crippen MR) is 162 cm³/mol. The number of carbonyl (C=O) groups is 1. The van der Waals surface area contributed by atoms with Gasteiger partial charge < -0.3 is 15.0 Å². The Morgan fingerprint density at radius 3 is 2.76 bits per heavy atom. The molecule has 3 aromatic heterocycles. The van der Waals surface area contributed by atoms with Crippen molar-refractivity contribution in [3.63, 3.8) is 0 Å². The molecule has 0 radical (unpaired) electrons. The van der Waals surface area contributed by atoms with Gasteiger partial charge in [-0.2, -0.15) is 0 Å². The third kappa shape index (κ3) is 5.44. The van der Waals surface area contributed by atoms with E-state index in [4.69, 9.17) is 4.74 Å². The maximum atomic E-state index is 13.0. The first kappa shape index (κ1) is 26.1. The van der Waals surface area contributed by atoms with Crippen molar-refractivity contribution in [1.29, 1.82) is 0 Å². The summed E-state index contributed by atoms with van der Waals surface area (Å²) in [4.78, 5) is 33.1. The van der Waals surface area contributed by atoms with Crippen LogP contribution < -0.4 is 10.1 Å². The van der Waals surface area contributed by atoms with Crippen LogP contribution in [-0.4, -0.2) is 56.8 Å². The summed E-state index contributed by atoms with van der Waals surface area (Å²) >= 11 is 1.66. The van der Waals surface area contributed by atoms with E-state index in [0.717, 1.165) is 63.5 Å². The summed E-state index contributed by atoms with van der Waals surface area (Å²) in [6.45, 7) is 8.54. The van der Waals surface area contributed by atoms with Crippen molar-refractivity contribution in [2.75, 3.05) is 31.5 Å². The Kier molecular flexibility index (Phi) is 6.92. The number of nitrogens with zero attached hydrogens (tertiary/aromatic N) is 5. The van der Waals surface area contributed by atoms with Crippen LogP contribution in [0.4, 0.5) is 11.5 Å². The number of nitrogens with one attached hydrogen (secondary N) is 1. The van der Waals surface area contributed by atoms with Gasteiger partial charge in [-0.1, -0.05) is 6.08 Å². The molecule has 6 heterocycles. The quantitative estimate of drug-likeness (QED) is 0.274. The van der Waals surface area contributed by atoms with E-state index < -0.39 is 0 Å². The topological polar surface area (TPSA) is 83.5 Å². The van der Waals surface area contributed by atoms with Crippen LogP contribution in [0.5, 0.6) is 11.5 Å². The Hall–Kier alpha value is -3.82. The van der Waals surface area contributed by atoms with Gasteiger partial charge in [0.1, 0.15) is 28.5 Å². The standard InChI is InChI=1S/C32H34N6O2S/c1-20-12-24(6-8-27(20)40-25-7-5-21(2)33-15-25)36-31-30-26-9-11-38(18-28(26)41-32(30)35-19-34-31)29(39)4-3-10-37-16-22-13-23(14-22)17-37/h3-8,12,15,19,22-23H,9-11,13-14,16-18H2,1-2H3,(H,34,35,36)/b4-3+. The summed E-state index contributed by atoms with van der Waals surface area (Å²) in [5.74, 6) is 4.15. The number of thiophene rings is 1. The second kappa shape index (κ2) is 10.9.